The summed E-state index contributed by atoms with van der Waals surface area (Å²) in [5.74, 6) is 0.0122. The van der Waals surface area contributed by atoms with E-state index in [4.69, 9.17) is 0 Å². The molecule has 0 saturated carbocycles. The molecular formula is C12H17NO. The minimum Gasteiger partial charge on any atom is -0.347 e. The predicted octanol–water partition coefficient (Wildman–Crippen LogP) is 2.45. The van der Waals surface area contributed by atoms with Crippen LogP contribution in [-0.2, 0) is 10.3 Å². The second-order valence-electron chi connectivity index (χ2n) is 3.73. The molecule has 1 N–H and O–H groups in total. The highest BCUT2D eigenvalue weighted by molar-refractivity contribution is 5.74. The third kappa shape index (κ3) is 2.34. The number of hydrogen-bond acceptors (Lipinski definition) is 1. The van der Waals surface area contributed by atoms with Crippen LogP contribution in [0.2, 0.25) is 0 Å². The first-order valence-electron chi connectivity index (χ1n) is 4.93. The van der Waals surface area contributed by atoms with Gasteiger partial charge < -0.3 is 5.32 Å². The third-order valence-electron chi connectivity index (χ3n) is 2.57. The standard InChI is InChI=1S/C12H17NO/c1-4-12(3,13-10(2)14)11-8-6-5-7-9-11/h5-9H,4H2,1-3H3,(H,13,14)/t12-/m0/s1. The van der Waals surface area contributed by atoms with Gasteiger partial charge in [-0.05, 0) is 18.9 Å². The average Bonchev–Trinajstić information content (AvgIpc) is 2.18. The molecule has 2 heteroatoms. The Morgan fingerprint density at radius 3 is 2.36 bits per heavy atom. The van der Waals surface area contributed by atoms with Crippen molar-refractivity contribution in [3.05, 3.63) is 35.9 Å². The minimum absolute atomic E-state index is 0.0122. The molecule has 76 valence electrons. The van der Waals surface area contributed by atoms with E-state index in [0.29, 0.717) is 0 Å². The number of nitrogens with one attached hydrogen (secondary N) is 1. The molecule has 1 aromatic rings. The zero-order valence-corrected chi connectivity index (χ0v) is 9.00. The second kappa shape index (κ2) is 4.27. The molecule has 0 aromatic heterocycles. The van der Waals surface area contributed by atoms with Crippen LogP contribution < -0.4 is 5.32 Å². The van der Waals surface area contributed by atoms with Crippen molar-refractivity contribution in [3.8, 4) is 0 Å². The van der Waals surface area contributed by atoms with Crippen molar-refractivity contribution in [2.24, 2.45) is 0 Å². The molecule has 1 amide bonds. The van der Waals surface area contributed by atoms with Gasteiger partial charge in [0.1, 0.15) is 0 Å². The van der Waals surface area contributed by atoms with Gasteiger partial charge in [-0.15, -0.1) is 0 Å². The lowest BCUT2D eigenvalue weighted by Crippen LogP contribution is -2.41. The number of carbonyl (C=O) groups is 1. The maximum Gasteiger partial charge on any atom is 0.217 e. The van der Waals surface area contributed by atoms with Crippen molar-refractivity contribution in [1.29, 1.82) is 0 Å². The van der Waals surface area contributed by atoms with Crippen LogP contribution in [0.5, 0.6) is 0 Å². The van der Waals surface area contributed by atoms with Crippen molar-refractivity contribution in [1.82, 2.24) is 5.32 Å². The highest BCUT2D eigenvalue weighted by Crippen LogP contribution is 2.23. The summed E-state index contributed by atoms with van der Waals surface area (Å²) >= 11 is 0. The monoisotopic (exact) mass is 191 g/mol. The summed E-state index contributed by atoms with van der Waals surface area (Å²) < 4.78 is 0. The van der Waals surface area contributed by atoms with Gasteiger partial charge in [-0.3, -0.25) is 4.79 Å². The lowest BCUT2D eigenvalue weighted by atomic mass is 9.89. The summed E-state index contributed by atoms with van der Waals surface area (Å²) in [5.41, 5.74) is 0.908. The van der Waals surface area contributed by atoms with E-state index in [1.54, 1.807) is 6.92 Å². The fourth-order valence-electron chi connectivity index (χ4n) is 1.56. The van der Waals surface area contributed by atoms with E-state index in [1.165, 1.54) is 0 Å². The maximum atomic E-state index is 11.1. The van der Waals surface area contributed by atoms with Crippen LogP contribution in [0.1, 0.15) is 32.8 Å². The summed E-state index contributed by atoms with van der Waals surface area (Å²) in [6.45, 7) is 5.67. The predicted molar refractivity (Wildman–Crippen MR) is 57.9 cm³/mol. The quantitative estimate of drug-likeness (QED) is 0.781. The molecule has 0 aliphatic carbocycles. The molecule has 0 unspecified atom stereocenters. The van der Waals surface area contributed by atoms with Gasteiger partial charge in [0.2, 0.25) is 5.91 Å². The smallest absolute Gasteiger partial charge is 0.217 e. The van der Waals surface area contributed by atoms with Crippen LogP contribution in [0.4, 0.5) is 0 Å². The molecule has 1 rings (SSSR count). The third-order valence-corrected chi connectivity index (χ3v) is 2.57. The first kappa shape index (κ1) is 10.8. The Morgan fingerprint density at radius 1 is 1.36 bits per heavy atom. The summed E-state index contributed by atoms with van der Waals surface area (Å²) in [6.07, 6.45) is 0.886. The Morgan fingerprint density at radius 2 is 1.93 bits per heavy atom. The molecule has 1 aromatic carbocycles. The van der Waals surface area contributed by atoms with Crippen LogP contribution in [-0.4, -0.2) is 5.91 Å². The van der Waals surface area contributed by atoms with Gasteiger partial charge in [-0.25, -0.2) is 0 Å². The van der Waals surface area contributed by atoms with E-state index in [0.717, 1.165) is 12.0 Å². The van der Waals surface area contributed by atoms with Gasteiger partial charge in [-0.1, -0.05) is 37.3 Å². The molecule has 0 spiro atoms. The normalized spacial score (nSPS) is 14.5. The van der Waals surface area contributed by atoms with Crippen LogP contribution in [0.3, 0.4) is 0 Å². The zero-order valence-electron chi connectivity index (χ0n) is 9.00. The van der Waals surface area contributed by atoms with Crippen molar-refractivity contribution in [2.75, 3.05) is 0 Å². The molecule has 0 radical (unpaired) electrons. The molecule has 0 saturated heterocycles. The number of benzene rings is 1. The van der Waals surface area contributed by atoms with Crippen LogP contribution in [0.15, 0.2) is 30.3 Å². The fraction of sp³-hybridized carbons (Fsp3) is 0.417. The molecular weight excluding hydrogens is 174 g/mol. The van der Waals surface area contributed by atoms with E-state index in [1.807, 2.05) is 37.3 Å². The Labute approximate surface area is 85.3 Å². The van der Waals surface area contributed by atoms with Crippen LogP contribution >= 0.6 is 0 Å². The molecule has 2 nitrogen and oxygen atoms in total. The Hall–Kier alpha value is -1.31. The van der Waals surface area contributed by atoms with Gasteiger partial charge >= 0.3 is 0 Å². The van der Waals surface area contributed by atoms with E-state index in [2.05, 4.69) is 12.2 Å². The minimum atomic E-state index is -0.243. The second-order valence-corrected chi connectivity index (χ2v) is 3.73. The first-order valence-corrected chi connectivity index (χ1v) is 4.93. The van der Waals surface area contributed by atoms with Crippen LogP contribution in [0.25, 0.3) is 0 Å². The highest BCUT2D eigenvalue weighted by Gasteiger charge is 2.24. The molecule has 0 bridgehead atoms. The largest absolute Gasteiger partial charge is 0.347 e. The number of hydrogen-bond donors (Lipinski definition) is 1. The summed E-state index contributed by atoms with van der Waals surface area (Å²) in [7, 11) is 0. The van der Waals surface area contributed by atoms with Gasteiger partial charge in [0.15, 0.2) is 0 Å². The lowest BCUT2D eigenvalue weighted by molar-refractivity contribution is -0.120. The van der Waals surface area contributed by atoms with Gasteiger partial charge in [0, 0.05) is 6.92 Å². The number of rotatable bonds is 3. The van der Waals surface area contributed by atoms with Gasteiger partial charge in [-0.2, -0.15) is 0 Å². The maximum absolute atomic E-state index is 11.1. The molecule has 1 atom stereocenters. The number of carbonyl (C=O) groups excluding carboxylic acids is 1. The van der Waals surface area contributed by atoms with Gasteiger partial charge in [0.05, 0.1) is 5.54 Å². The lowest BCUT2D eigenvalue weighted by Gasteiger charge is -2.29. The summed E-state index contributed by atoms with van der Waals surface area (Å²) in [6, 6.07) is 10.0. The highest BCUT2D eigenvalue weighted by atomic mass is 16.1. The van der Waals surface area contributed by atoms with Gasteiger partial charge in [0.25, 0.3) is 0 Å². The molecule has 0 aliphatic rings. The summed E-state index contributed by atoms with van der Waals surface area (Å²) in [5, 5.41) is 2.98. The van der Waals surface area contributed by atoms with Crippen molar-refractivity contribution in [3.63, 3.8) is 0 Å². The van der Waals surface area contributed by atoms with E-state index >= 15 is 0 Å². The van der Waals surface area contributed by atoms with Crippen molar-refractivity contribution < 1.29 is 4.79 Å². The fourth-order valence-corrected chi connectivity index (χ4v) is 1.56. The van der Waals surface area contributed by atoms with E-state index in [-0.39, 0.29) is 11.4 Å². The number of amides is 1. The van der Waals surface area contributed by atoms with Crippen molar-refractivity contribution >= 4 is 5.91 Å². The molecule has 0 aliphatic heterocycles. The van der Waals surface area contributed by atoms with Crippen LogP contribution in [0, 0.1) is 0 Å². The summed E-state index contributed by atoms with van der Waals surface area (Å²) in [4.78, 5) is 11.1. The first-order chi connectivity index (χ1) is 6.58. The molecule has 14 heavy (non-hydrogen) atoms. The van der Waals surface area contributed by atoms with E-state index < -0.39 is 0 Å². The average molecular weight is 191 g/mol. The topological polar surface area (TPSA) is 29.1 Å². The molecule has 0 heterocycles. The van der Waals surface area contributed by atoms with Crippen molar-refractivity contribution in [2.45, 2.75) is 32.7 Å². The zero-order chi connectivity index (χ0) is 10.6. The Balaban J connectivity index is 2.95. The molecule has 0 fully saturated rings. The Bertz CT molecular complexity index is 307. The Kier molecular flexibility index (Phi) is 3.28. The SMILES string of the molecule is CC[C@](C)(NC(C)=O)c1ccccc1. The van der Waals surface area contributed by atoms with E-state index in [9.17, 15) is 4.79 Å².